The van der Waals surface area contributed by atoms with Crippen LogP contribution in [0.25, 0.3) is 0 Å². The molecule has 1 aliphatic rings. The molecule has 40 heavy (non-hydrogen) atoms. The Bertz CT molecular complexity index is 1370. The van der Waals surface area contributed by atoms with Crippen molar-refractivity contribution >= 4 is 27.5 Å². The van der Waals surface area contributed by atoms with Crippen LogP contribution in [0.15, 0.2) is 84.9 Å². The maximum Gasteiger partial charge on any atom is 0.244 e. The fourth-order valence-corrected chi connectivity index (χ4v) is 6.12. The van der Waals surface area contributed by atoms with Crippen molar-refractivity contribution in [3.63, 3.8) is 0 Å². The molecule has 0 radical (unpaired) electrons. The van der Waals surface area contributed by atoms with E-state index in [2.05, 4.69) is 5.32 Å². The molecular formula is C32H39N3O4S. The molecule has 4 rings (SSSR count). The van der Waals surface area contributed by atoms with Crippen molar-refractivity contribution in [1.82, 2.24) is 10.2 Å². The molecule has 3 aromatic carbocycles. The average Bonchev–Trinajstić information content (AvgIpc) is 2.94. The van der Waals surface area contributed by atoms with Gasteiger partial charge >= 0.3 is 0 Å². The van der Waals surface area contributed by atoms with Crippen LogP contribution in [0, 0.1) is 6.92 Å². The zero-order valence-corrected chi connectivity index (χ0v) is 24.1. The van der Waals surface area contributed by atoms with Crippen LogP contribution in [-0.2, 0) is 32.6 Å². The van der Waals surface area contributed by atoms with Gasteiger partial charge in [0.25, 0.3) is 0 Å². The van der Waals surface area contributed by atoms with Crippen molar-refractivity contribution in [2.24, 2.45) is 0 Å². The number of hydrogen-bond acceptors (Lipinski definition) is 4. The summed E-state index contributed by atoms with van der Waals surface area (Å²) in [6.45, 7) is 1.65. The van der Waals surface area contributed by atoms with Gasteiger partial charge in [-0.15, -0.1) is 0 Å². The molecule has 0 aromatic heterocycles. The SMILES string of the molecule is Cc1cccc(N(CC(=O)N(Cc2ccccc2)[C@@H](Cc2ccccc2)C(=O)NC2CCCCC2)S(C)(=O)=O)c1. The zero-order valence-electron chi connectivity index (χ0n) is 23.3. The van der Waals surface area contributed by atoms with Gasteiger partial charge in [-0.25, -0.2) is 8.42 Å². The molecule has 0 spiro atoms. The van der Waals surface area contributed by atoms with Gasteiger partial charge in [-0.3, -0.25) is 13.9 Å². The van der Waals surface area contributed by atoms with E-state index < -0.39 is 28.5 Å². The number of amides is 2. The number of aryl methyl sites for hydroxylation is 1. The highest BCUT2D eigenvalue weighted by molar-refractivity contribution is 7.92. The maximum atomic E-state index is 14.1. The number of nitrogens with one attached hydrogen (secondary N) is 1. The monoisotopic (exact) mass is 561 g/mol. The highest BCUT2D eigenvalue weighted by Gasteiger charge is 2.34. The number of benzene rings is 3. The third-order valence-corrected chi connectivity index (χ3v) is 8.53. The fraction of sp³-hybridized carbons (Fsp3) is 0.375. The Balaban J connectivity index is 1.70. The molecule has 1 saturated carbocycles. The van der Waals surface area contributed by atoms with E-state index in [0.717, 1.165) is 52.9 Å². The molecule has 1 atom stereocenters. The van der Waals surface area contributed by atoms with Gasteiger partial charge in [0.05, 0.1) is 11.9 Å². The van der Waals surface area contributed by atoms with Crippen molar-refractivity contribution in [3.05, 3.63) is 102 Å². The molecule has 1 fully saturated rings. The summed E-state index contributed by atoms with van der Waals surface area (Å²) in [7, 11) is -3.78. The van der Waals surface area contributed by atoms with Crippen molar-refractivity contribution in [2.45, 2.75) is 64.1 Å². The summed E-state index contributed by atoms with van der Waals surface area (Å²) in [5.74, 6) is -0.642. The van der Waals surface area contributed by atoms with E-state index in [9.17, 15) is 18.0 Å². The lowest BCUT2D eigenvalue weighted by atomic mass is 9.94. The average molecular weight is 562 g/mol. The number of sulfonamides is 1. The van der Waals surface area contributed by atoms with Gasteiger partial charge in [0.15, 0.2) is 0 Å². The minimum Gasteiger partial charge on any atom is -0.352 e. The lowest BCUT2D eigenvalue weighted by Gasteiger charge is -2.35. The molecular weight excluding hydrogens is 522 g/mol. The molecule has 1 aliphatic carbocycles. The van der Waals surface area contributed by atoms with E-state index >= 15 is 0 Å². The molecule has 0 aliphatic heterocycles. The van der Waals surface area contributed by atoms with Crippen LogP contribution in [0.3, 0.4) is 0 Å². The Kier molecular flexibility index (Phi) is 9.98. The van der Waals surface area contributed by atoms with E-state index in [1.54, 1.807) is 23.1 Å². The zero-order chi connectivity index (χ0) is 28.5. The number of carbonyl (C=O) groups is 2. The summed E-state index contributed by atoms with van der Waals surface area (Å²) < 4.78 is 26.9. The van der Waals surface area contributed by atoms with Gasteiger partial charge < -0.3 is 10.2 Å². The minimum atomic E-state index is -3.78. The van der Waals surface area contributed by atoms with E-state index in [1.807, 2.05) is 73.7 Å². The van der Waals surface area contributed by atoms with E-state index in [4.69, 9.17) is 0 Å². The molecule has 2 amide bonds. The van der Waals surface area contributed by atoms with Crippen molar-refractivity contribution in [3.8, 4) is 0 Å². The molecule has 0 bridgehead atoms. The summed E-state index contributed by atoms with van der Waals surface area (Å²) in [4.78, 5) is 29.6. The van der Waals surface area contributed by atoms with Gasteiger partial charge in [0.1, 0.15) is 12.6 Å². The second kappa shape index (κ2) is 13.6. The standard InChI is InChI=1S/C32H39N3O4S/c1-25-13-12-20-29(21-25)35(40(2,38)39)24-31(36)34(23-27-16-8-4-9-17-27)30(22-26-14-6-3-7-15-26)32(37)33-28-18-10-5-11-19-28/h3-4,6-9,12-17,20-21,28,30H,5,10-11,18-19,22-24H2,1-2H3,(H,33,37)/t30-/m0/s1. The van der Waals surface area contributed by atoms with Crippen molar-refractivity contribution in [2.75, 3.05) is 17.1 Å². The number of hydrogen-bond donors (Lipinski definition) is 1. The number of nitrogens with zero attached hydrogens (tertiary/aromatic N) is 2. The van der Waals surface area contributed by atoms with Crippen molar-refractivity contribution < 1.29 is 18.0 Å². The third-order valence-electron chi connectivity index (χ3n) is 7.39. The lowest BCUT2D eigenvalue weighted by molar-refractivity contribution is -0.140. The first kappa shape index (κ1) is 29.3. The predicted molar refractivity (Wildman–Crippen MR) is 159 cm³/mol. The second-order valence-corrected chi connectivity index (χ2v) is 12.6. The second-order valence-electron chi connectivity index (χ2n) is 10.7. The van der Waals surface area contributed by atoms with E-state index in [1.165, 1.54) is 6.42 Å². The Morgan fingerprint density at radius 2 is 1.50 bits per heavy atom. The number of carbonyl (C=O) groups excluding carboxylic acids is 2. The molecule has 7 nitrogen and oxygen atoms in total. The first-order chi connectivity index (χ1) is 19.2. The minimum absolute atomic E-state index is 0.0769. The van der Waals surface area contributed by atoms with Crippen LogP contribution in [0.5, 0.6) is 0 Å². The summed E-state index contributed by atoms with van der Waals surface area (Å²) in [5, 5.41) is 3.22. The van der Waals surface area contributed by atoms with E-state index in [0.29, 0.717) is 12.1 Å². The summed E-state index contributed by atoms with van der Waals surface area (Å²) in [6.07, 6.45) is 6.57. The largest absolute Gasteiger partial charge is 0.352 e. The third kappa shape index (κ3) is 8.18. The van der Waals surface area contributed by atoms with Gasteiger partial charge in [-0.2, -0.15) is 0 Å². The Hall–Kier alpha value is -3.65. The Morgan fingerprint density at radius 3 is 2.10 bits per heavy atom. The Labute approximate surface area is 238 Å². The number of rotatable bonds is 11. The number of anilines is 1. The summed E-state index contributed by atoms with van der Waals surface area (Å²) in [5.41, 5.74) is 3.09. The van der Waals surface area contributed by atoms with Gasteiger partial charge in [-0.05, 0) is 48.6 Å². The Morgan fingerprint density at radius 1 is 0.875 bits per heavy atom. The van der Waals surface area contributed by atoms with Crippen LogP contribution in [-0.4, -0.2) is 50.0 Å². The molecule has 0 unspecified atom stereocenters. The van der Waals surface area contributed by atoms with Gasteiger partial charge in [-0.1, -0.05) is 92.1 Å². The van der Waals surface area contributed by atoms with E-state index in [-0.39, 0.29) is 18.5 Å². The van der Waals surface area contributed by atoms with Crippen LogP contribution >= 0.6 is 0 Å². The molecule has 0 saturated heterocycles. The van der Waals surface area contributed by atoms with Crippen LogP contribution in [0.1, 0.15) is 48.8 Å². The topological polar surface area (TPSA) is 86.8 Å². The van der Waals surface area contributed by atoms with Crippen LogP contribution in [0.2, 0.25) is 0 Å². The smallest absolute Gasteiger partial charge is 0.244 e. The van der Waals surface area contributed by atoms with Crippen molar-refractivity contribution in [1.29, 1.82) is 0 Å². The molecule has 1 N–H and O–H groups in total. The highest BCUT2D eigenvalue weighted by atomic mass is 32.2. The highest BCUT2D eigenvalue weighted by Crippen LogP contribution is 2.22. The first-order valence-corrected chi connectivity index (χ1v) is 15.8. The molecule has 0 heterocycles. The van der Waals surface area contributed by atoms with Gasteiger partial charge in [0.2, 0.25) is 21.8 Å². The maximum absolute atomic E-state index is 14.1. The molecule has 8 heteroatoms. The molecule has 3 aromatic rings. The predicted octanol–water partition coefficient (Wildman–Crippen LogP) is 4.85. The fourth-order valence-electron chi connectivity index (χ4n) is 5.28. The quantitative estimate of drug-likeness (QED) is 0.363. The van der Waals surface area contributed by atoms with Crippen LogP contribution in [0.4, 0.5) is 5.69 Å². The van der Waals surface area contributed by atoms with Gasteiger partial charge in [0, 0.05) is 19.0 Å². The van der Waals surface area contributed by atoms with Crippen LogP contribution < -0.4 is 9.62 Å². The lowest BCUT2D eigenvalue weighted by Crippen LogP contribution is -2.55. The summed E-state index contributed by atoms with van der Waals surface area (Å²) in [6, 6.07) is 25.5. The summed E-state index contributed by atoms with van der Waals surface area (Å²) >= 11 is 0. The molecule has 212 valence electrons. The first-order valence-electron chi connectivity index (χ1n) is 13.9. The normalized spacial score (nSPS) is 14.8.